The fraction of sp³-hybridized carbons (Fsp3) is 0.526. The molecule has 3 atom stereocenters. The number of fused-ring (bicyclic) bond motifs is 1. The number of hydrogen-bond donors (Lipinski definition) is 0. The first-order chi connectivity index (χ1) is 13.0. The summed E-state index contributed by atoms with van der Waals surface area (Å²) in [6.45, 7) is 6.35. The van der Waals surface area contributed by atoms with Crippen LogP contribution in [-0.2, 0) is 4.79 Å². The number of ether oxygens (including phenoxy) is 2. The molecule has 0 radical (unpaired) electrons. The number of rotatable bonds is 4. The minimum Gasteiger partial charge on any atom is -0.454 e. The van der Waals surface area contributed by atoms with Crippen LogP contribution in [0.2, 0.25) is 0 Å². The molecule has 1 fully saturated rings. The number of likely N-dealkylation sites (tertiary alicyclic amines) is 1. The highest BCUT2D eigenvalue weighted by molar-refractivity contribution is 8.00. The maximum absolute atomic E-state index is 12.9. The Labute approximate surface area is 162 Å². The SMILES string of the molecule is C[C@@H](Sc1nnc(-c2ccc3c(c2)OCO3)o1)C(=O)N1[C@@H](C)CCC[C@@H]1C. The van der Waals surface area contributed by atoms with E-state index in [0.29, 0.717) is 22.6 Å². The van der Waals surface area contributed by atoms with Crippen LogP contribution in [0.25, 0.3) is 11.5 Å². The van der Waals surface area contributed by atoms with Crippen molar-refractivity contribution in [1.82, 2.24) is 15.1 Å². The highest BCUT2D eigenvalue weighted by atomic mass is 32.2. The second-order valence-electron chi connectivity index (χ2n) is 7.08. The summed E-state index contributed by atoms with van der Waals surface area (Å²) in [6.07, 6.45) is 3.29. The summed E-state index contributed by atoms with van der Waals surface area (Å²) in [4.78, 5) is 14.9. The van der Waals surface area contributed by atoms with Crippen molar-refractivity contribution in [2.75, 3.05) is 6.79 Å². The van der Waals surface area contributed by atoms with E-state index >= 15 is 0 Å². The number of benzene rings is 1. The Morgan fingerprint density at radius 2 is 1.93 bits per heavy atom. The van der Waals surface area contributed by atoms with Crippen molar-refractivity contribution in [3.63, 3.8) is 0 Å². The summed E-state index contributed by atoms with van der Waals surface area (Å²) in [7, 11) is 0. The van der Waals surface area contributed by atoms with Crippen molar-refractivity contribution in [3.05, 3.63) is 18.2 Å². The van der Waals surface area contributed by atoms with Gasteiger partial charge in [0.05, 0.1) is 5.25 Å². The zero-order valence-electron chi connectivity index (χ0n) is 15.7. The standard InChI is InChI=1S/C19H23N3O4S/c1-11-5-4-6-12(2)22(11)18(23)13(3)27-19-21-20-17(26-19)14-7-8-15-16(9-14)25-10-24-15/h7-9,11-13H,4-6,10H2,1-3H3/t11-,12-,13+/m0/s1. The fourth-order valence-corrected chi connectivity index (χ4v) is 4.41. The van der Waals surface area contributed by atoms with Crippen molar-refractivity contribution in [1.29, 1.82) is 0 Å². The van der Waals surface area contributed by atoms with Crippen LogP contribution in [0.15, 0.2) is 27.8 Å². The monoisotopic (exact) mass is 389 g/mol. The highest BCUT2D eigenvalue weighted by Crippen LogP contribution is 2.36. The van der Waals surface area contributed by atoms with Crippen LogP contribution in [0.3, 0.4) is 0 Å². The predicted octanol–water partition coefficient (Wildman–Crippen LogP) is 3.74. The van der Waals surface area contributed by atoms with E-state index in [1.54, 1.807) is 0 Å². The summed E-state index contributed by atoms with van der Waals surface area (Å²) in [5.41, 5.74) is 0.760. The van der Waals surface area contributed by atoms with Crippen LogP contribution in [-0.4, -0.2) is 45.1 Å². The molecule has 144 valence electrons. The molecule has 1 aromatic heterocycles. The van der Waals surface area contributed by atoms with Crippen molar-refractivity contribution in [2.45, 2.75) is 62.6 Å². The molecule has 7 nitrogen and oxygen atoms in total. The smallest absolute Gasteiger partial charge is 0.277 e. The van der Waals surface area contributed by atoms with Gasteiger partial charge in [0.1, 0.15) is 0 Å². The molecule has 8 heteroatoms. The van der Waals surface area contributed by atoms with Gasteiger partial charge in [0.2, 0.25) is 18.6 Å². The van der Waals surface area contributed by atoms with Gasteiger partial charge in [-0.15, -0.1) is 10.2 Å². The second kappa shape index (κ2) is 7.42. The van der Waals surface area contributed by atoms with Gasteiger partial charge in [0.15, 0.2) is 11.5 Å². The molecular weight excluding hydrogens is 366 g/mol. The summed E-state index contributed by atoms with van der Waals surface area (Å²) in [5, 5.41) is 8.31. The zero-order chi connectivity index (χ0) is 19.0. The largest absolute Gasteiger partial charge is 0.454 e. The lowest BCUT2D eigenvalue weighted by molar-refractivity contribution is -0.136. The molecule has 0 saturated carbocycles. The Kier molecular flexibility index (Phi) is 4.99. The van der Waals surface area contributed by atoms with Gasteiger partial charge in [-0.1, -0.05) is 11.8 Å². The molecule has 2 aromatic rings. The number of hydrogen-bond acceptors (Lipinski definition) is 7. The van der Waals surface area contributed by atoms with Gasteiger partial charge in [0.25, 0.3) is 5.22 Å². The van der Waals surface area contributed by atoms with E-state index in [2.05, 4.69) is 24.0 Å². The van der Waals surface area contributed by atoms with E-state index in [4.69, 9.17) is 13.9 Å². The highest BCUT2D eigenvalue weighted by Gasteiger charge is 2.32. The Morgan fingerprint density at radius 1 is 1.19 bits per heavy atom. The van der Waals surface area contributed by atoms with Gasteiger partial charge in [-0.05, 0) is 58.2 Å². The molecular formula is C19H23N3O4S. The van der Waals surface area contributed by atoms with Crippen LogP contribution in [0.5, 0.6) is 11.5 Å². The van der Waals surface area contributed by atoms with Crippen LogP contribution in [0, 0.1) is 0 Å². The van der Waals surface area contributed by atoms with Crippen LogP contribution in [0.4, 0.5) is 0 Å². The first-order valence-corrected chi connectivity index (χ1v) is 10.1. The van der Waals surface area contributed by atoms with Crippen LogP contribution < -0.4 is 9.47 Å². The second-order valence-corrected chi connectivity index (χ2v) is 8.37. The number of carbonyl (C=O) groups excluding carboxylic acids is 1. The number of nitrogens with zero attached hydrogens (tertiary/aromatic N) is 3. The van der Waals surface area contributed by atoms with E-state index < -0.39 is 0 Å². The predicted molar refractivity (Wildman–Crippen MR) is 101 cm³/mol. The summed E-state index contributed by atoms with van der Waals surface area (Å²) < 4.78 is 16.5. The van der Waals surface area contributed by atoms with E-state index in [1.807, 2.05) is 30.0 Å². The van der Waals surface area contributed by atoms with Gasteiger partial charge in [-0.2, -0.15) is 0 Å². The third-order valence-corrected chi connectivity index (χ3v) is 6.02. The molecule has 4 rings (SSSR count). The molecule has 0 N–H and O–H groups in total. The third kappa shape index (κ3) is 3.63. The molecule has 1 aromatic carbocycles. The normalized spacial score (nSPS) is 22.7. The van der Waals surface area contributed by atoms with E-state index in [0.717, 1.165) is 18.4 Å². The Balaban J connectivity index is 1.45. The van der Waals surface area contributed by atoms with Crippen molar-refractivity contribution in [2.24, 2.45) is 0 Å². The molecule has 2 aliphatic heterocycles. The minimum atomic E-state index is -0.280. The van der Waals surface area contributed by atoms with Crippen molar-refractivity contribution >= 4 is 17.7 Å². The van der Waals surface area contributed by atoms with E-state index in [9.17, 15) is 4.79 Å². The zero-order valence-corrected chi connectivity index (χ0v) is 16.5. The van der Waals surface area contributed by atoms with Crippen LogP contribution >= 0.6 is 11.8 Å². The summed E-state index contributed by atoms with van der Waals surface area (Å²) >= 11 is 1.30. The molecule has 0 unspecified atom stereocenters. The summed E-state index contributed by atoms with van der Waals surface area (Å²) in [6, 6.07) is 6.03. The molecule has 1 saturated heterocycles. The number of thioether (sulfide) groups is 1. The van der Waals surface area contributed by atoms with Gasteiger partial charge < -0.3 is 18.8 Å². The van der Waals surface area contributed by atoms with E-state index in [-0.39, 0.29) is 30.0 Å². The van der Waals surface area contributed by atoms with Gasteiger partial charge in [0, 0.05) is 17.6 Å². The van der Waals surface area contributed by atoms with Crippen molar-refractivity contribution in [3.8, 4) is 23.0 Å². The summed E-state index contributed by atoms with van der Waals surface area (Å²) in [5.74, 6) is 1.89. The van der Waals surface area contributed by atoms with Crippen LogP contribution in [0.1, 0.15) is 40.0 Å². The number of piperidine rings is 1. The van der Waals surface area contributed by atoms with E-state index in [1.165, 1.54) is 18.2 Å². The number of amides is 1. The Bertz CT molecular complexity index is 830. The average Bonchev–Trinajstić information content (AvgIpc) is 3.29. The first-order valence-electron chi connectivity index (χ1n) is 9.25. The Hall–Kier alpha value is -2.22. The lowest BCUT2D eigenvalue weighted by Crippen LogP contribution is -2.50. The molecule has 0 aliphatic carbocycles. The first kappa shape index (κ1) is 18.2. The maximum Gasteiger partial charge on any atom is 0.277 e. The van der Waals surface area contributed by atoms with Gasteiger partial charge in [-0.3, -0.25) is 4.79 Å². The molecule has 1 amide bonds. The molecule has 3 heterocycles. The average molecular weight is 389 g/mol. The molecule has 0 spiro atoms. The Morgan fingerprint density at radius 3 is 2.70 bits per heavy atom. The number of aromatic nitrogens is 2. The molecule has 2 aliphatic rings. The lowest BCUT2D eigenvalue weighted by Gasteiger charge is -2.40. The maximum atomic E-state index is 12.9. The third-order valence-electron chi connectivity index (χ3n) is 5.10. The molecule has 0 bridgehead atoms. The quantitative estimate of drug-likeness (QED) is 0.737. The molecule has 27 heavy (non-hydrogen) atoms. The minimum absolute atomic E-state index is 0.127. The van der Waals surface area contributed by atoms with Crippen molar-refractivity contribution < 1.29 is 18.7 Å². The lowest BCUT2D eigenvalue weighted by atomic mass is 9.97. The number of carbonyl (C=O) groups is 1. The fourth-order valence-electron chi connectivity index (χ4n) is 3.67. The van der Waals surface area contributed by atoms with Gasteiger partial charge in [-0.25, -0.2) is 0 Å². The van der Waals surface area contributed by atoms with Gasteiger partial charge >= 0.3 is 0 Å². The topological polar surface area (TPSA) is 77.7 Å².